The quantitative estimate of drug-likeness (QED) is 0.424. The van der Waals surface area contributed by atoms with Crippen molar-refractivity contribution in [3.8, 4) is 5.75 Å². The molecule has 1 aliphatic rings. The Kier molecular flexibility index (Phi) is 7.29. The molecule has 0 saturated heterocycles. The molecule has 33 heavy (non-hydrogen) atoms. The molecule has 0 saturated carbocycles. The summed E-state index contributed by atoms with van der Waals surface area (Å²) in [5.74, 6) is 0.247. The van der Waals surface area contributed by atoms with Crippen molar-refractivity contribution >= 4 is 23.2 Å². The smallest absolute Gasteiger partial charge is 0.312 e. The van der Waals surface area contributed by atoms with Gasteiger partial charge in [0.25, 0.3) is 0 Å². The number of fused-ring (bicyclic) bond motifs is 1. The highest BCUT2D eigenvalue weighted by atomic mass is 16.5. The third-order valence-corrected chi connectivity index (χ3v) is 5.82. The molecule has 0 bridgehead atoms. The molecule has 4 rings (SSSR count). The highest BCUT2D eigenvalue weighted by molar-refractivity contribution is 5.77. The summed E-state index contributed by atoms with van der Waals surface area (Å²) in [7, 11) is 0. The van der Waals surface area contributed by atoms with E-state index >= 15 is 0 Å². The summed E-state index contributed by atoms with van der Waals surface area (Å²) in [4.78, 5) is 18.4. The molecule has 0 amide bonds. The lowest BCUT2D eigenvalue weighted by Crippen LogP contribution is -2.35. The van der Waals surface area contributed by atoms with Crippen molar-refractivity contribution in [2.45, 2.75) is 25.3 Å². The van der Waals surface area contributed by atoms with Gasteiger partial charge >= 0.3 is 5.97 Å². The van der Waals surface area contributed by atoms with Crippen molar-refractivity contribution in [3.63, 3.8) is 0 Å². The number of ether oxygens (including phenoxy) is 1. The van der Waals surface area contributed by atoms with E-state index in [0.717, 1.165) is 48.0 Å². The maximum atomic E-state index is 11.8. The minimum atomic E-state index is -0.845. The number of pyridine rings is 1. The monoisotopic (exact) mass is 446 g/mol. The molecule has 7 heteroatoms. The second-order valence-corrected chi connectivity index (χ2v) is 8.25. The summed E-state index contributed by atoms with van der Waals surface area (Å²) >= 11 is 0. The number of aromatic nitrogens is 1. The van der Waals surface area contributed by atoms with Crippen LogP contribution in [-0.2, 0) is 4.79 Å². The Hall–Kier alpha value is -3.74. The van der Waals surface area contributed by atoms with Gasteiger partial charge in [0.15, 0.2) is 0 Å². The molecule has 0 radical (unpaired) electrons. The van der Waals surface area contributed by atoms with Crippen LogP contribution in [0.1, 0.15) is 24.8 Å². The molecule has 0 fully saturated rings. The second kappa shape index (κ2) is 10.7. The van der Waals surface area contributed by atoms with E-state index in [1.54, 1.807) is 6.20 Å². The van der Waals surface area contributed by atoms with Gasteiger partial charge in [-0.3, -0.25) is 4.79 Å². The number of nitrogens with zero attached hydrogens (tertiary/aromatic N) is 2. The van der Waals surface area contributed by atoms with Gasteiger partial charge < -0.3 is 25.4 Å². The van der Waals surface area contributed by atoms with Gasteiger partial charge in [0, 0.05) is 37.1 Å². The van der Waals surface area contributed by atoms with Crippen LogP contribution in [0.4, 0.5) is 17.2 Å². The van der Waals surface area contributed by atoms with Crippen LogP contribution in [0.2, 0.25) is 0 Å². The van der Waals surface area contributed by atoms with Crippen molar-refractivity contribution in [2.24, 2.45) is 0 Å². The molecule has 172 valence electrons. The molecule has 0 aliphatic carbocycles. The van der Waals surface area contributed by atoms with Crippen LogP contribution in [0, 0.1) is 0 Å². The van der Waals surface area contributed by atoms with Gasteiger partial charge in [-0.2, -0.15) is 0 Å². The molecule has 3 N–H and O–H groups in total. The zero-order chi connectivity index (χ0) is 23.0. The number of carboxylic acid groups (broad SMARTS) is 1. The zero-order valence-electron chi connectivity index (χ0n) is 18.8. The first-order chi connectivity index (χ1) is 16.1. The summed E-state index contributed by atoms with van der Waals surface area (Å²) in [5, 5.41) is 16.4. The van der Waals surface area contributed by atoms with Crippen molar-refractivity contribution in [3.05, 3.63) is 78.5 Å². The summed E-state index contributed by atoms with van der Waals surface area (Å²) in [6.45, 7) is 4.83. The summed E-state index contributed by atoms with van der Waals surface area (Å²) in [5.41, 5.74) is 2.70. The largest absolute Gasteiger partial charge is 0.489 e. The molecule has 2 atom stereocenters. The summed E-state index contributed by atoms with van der Waals surface area (Å²) in [6.07, 6.45) is 2.75. The molecular weight excluding hydrogens is 416 g/mol. The molecular formula is C26H30N4O3. The lowest BCUT2D eigenvalue weighted by atomic mass is 9.99. The van der Waals surface area contributed by atoms with Crippen molar-refractivity contribution in [1.82, 2.24) is 4.98 Å². The van der Waals surface area contributed by atoms with Crippen LogP contribution in [0.5, 0.6) is 5.75 Å². The highest BCUT2D eigenvalue weighted by Gasteiger charge is 2.21. The van der Waals surface area contributed by atoms with E-state index in [1.165, 1.54) is 0 Å². The first-order valence-corrected chi connectivity index (χ1v) is 11.3. The molecule has 1 aromatic heterocycles. The third-order valence-electron chi connectivity index (χ3n) is 5.82. The molecule has 1 aliphatic heterocycles. The molecule has 2 heterocycles. The minimum absolute atomic E-state index is 0.290. The van der Waals surface area contributed by atoms with E-state index in [2.05, 4.69) is 27.4 Å². The Morgan fingerprint density at radius 1 is 1.15 bits per heavy atom. The van der Waals surface area contributed by atoms with Crippen LogP contribution in [0.25, 0.3) is 0 Å². The number of hydrogen-bond acceptors (Lipinski definition) is 6. The predicted molar refractivity (Wildman–Crippen MR) is 131 cm³/mol. The van der Waals surface area contributed by atoms with E-state index in [4.69, 9.17) is 4.74 Å². The van der Waals surface area contributed by atoms with Crippen LogP contribution < -0.4 is 20.3 Å². The van der Waals surface area contributed by atoms with E-state index in [1.807, 2.05) is 66.7 Å². The van der Waals surface area contributed by atoms with Gasteiger partial charge in [-0.25, -0.2) is 4.98 Å². The minimum Gasteiger partial charge on any atom is -0.489 e. The fraction of sp³-hybridized carbons (Fsp3) is 0.308. The van der Waals surface area contributed by atoms with E-state index < -0.39 is 11.9 Å². The van der Waals surface area contributed by atoms with Gasteiger partial charge in [0.05, 0.1) is 18.2 Å². The number of benzene rings is 2. The Balaban J connectivity index is 1.36. The van der Waals surface area contributed by atoms with Crippen LogP contribution in [0.15, 0.2) is 72.9 Å². The average Bonchev–Trinajstić information content (AvgIpc) is 2.84. The standard InChI is InChI=1S/C26H30N4O3/c1-19(29-25-9-5-6-13-27-25)12-14-30-15-16-33-24-17-21(10-11-23(24)30)28-18-22(26(31)32)20-7-3-2-4-8-20/h2-11,13,17,19,22,28H,12,14-16,18H2,1H3,(H,27,29)(H,31,32). The normalized spacial score (nSPS) is 14.5. The van der Waals surface area contributed by atoms with E-state index in [-0.39, 0.29) is 6.04 Å². The Morgan fingerprint density at radius 3 is 2.73 bits per heavy atom. The van der Waals surface area contributed by atoms with Gasteiger partial charge in [-0.1, -0.05) is 36.4 Å². The van der Waals surface area contributed by atoms with Gasteiger partial charge in [0.2, 0.25) is 0 Å². The first-order valence-electron chi connectivity index (χ1n) is 11.3. The lowest BCUT2D eigenvalue weighted by Gasteiger charge is -2.32. The second-order valence-electron chi connectivity index (χ2n) is 8.25. The molecule has 2 aromatic carbocycles. The number of hydrogen-bond donors (Lipinski definition) is 3. The highest BCUT2D eigenvalue weighted by Crippen LogP contribution is 2.34. The molecule has 0 spiro atoms. The lowest BCUT2D eigenvalue weighted by molar-refractivity contribution is -0.138. The number of nitrogens with one attached hydrogen (secondary N) is 2. The fourth-order valence-electron chi connectivity index (χ4n) is 3.99. The SMILES string of the molecule is CC(CCN1CCOc2cc(NCC(C(=O)O)c3ccccc3)ccc21)Nc1ccccn1. The number of carboxylic acids is 1. The number of carbonyl (C=O) groups is 1. The number of anilines is 3. The van der Waals surface area contributed by atoms with Crippen molar-refractivity contribution in [1.29, 1.82) is 0 Å². The summed E-state index contributed by atoms with van der Waals surface area (Å²) < 4.78 is 5.91. The van der Waals surface area contributed by atoms with E-state index in [9.17, 15) is 9.90 Å². The third kappa shape index (κ3) is 5.94. The Labute approximate surface area is 194 Å². The number of rotatable bonds is 10. The average molecular weight is 447 g/mol. The van der Waals surface area contributed by atoms with Crippen LogP contribution >= 0.6 is 0 Å². The van der Waals surface area contributed by atoms with Crippen molar-refractivity contribution < 1.29 is 14.6 Å². The summed E-state index contributed by atoms with van der Waals surface area (Å²) in [6, 6.07) is 21.4. The maximum absolute atomic E-state index is 11.8. The molecule has 7 nitrogen and oxygen atoms in total. The Bertz CT molecular complexity index is 1050. The fourth-order valence-corrected chi connectivity index (χ4v) is 3.99. The van der Waals surface area contributed by atoms with Gasteiger partial charge in [-0.15, -0.1) is 0 Å². The Morgan fingerprint density at radius 2 is 1.97 bits per heavy atom. The zero-order valence-corrected chi connectivity index (χ0v) is 18.8. The van der Waals surface area contributed by atoms with Gasteiger partial charge in [-0.05, 0) is 43.2 Å². The van der Waals surface area contributed by atoms with E-state index in [0.29, 0.717) is 13.2 Å². The predicted octanol–water partition coefficient (Wildman–Crippen LogP) is 4.45. The molecule has 3 aromatic rings. The molecule has 2 unspecified atom stereocenters. The maximum Gasteiger partial charge on any atom is 0.312 e. The van der Waals surface area contributed by atoms with Crippen LogP contribution in [0.3, 0.4) is 0 Å². The first kappa shape index (κ1) is 22.5. The van der Waals surface area contributed by atoms with Crippen LogP contribution in [-0.4, -0.2) is 48.3 Å². The van der Waals surface area contributed by atoms with Gasteiger partial charge in [0.1, 0.15) is 18.2 Å². The van der Waals surface area contributed by atoms with Crippen molar-refractivity contribution in [2.75, 3.05) is 41.8 Å². The topological polar surface area (TPSA) is 86.7 Å². The number of aliphatic carboxylic acids is 1.